The van der Waals surface area contributed by atoms with E-state index in [0.29, 0.717) is 39.5 Å². The van der Waals surface area contributed by atoms with E-state index >= 15 is 0 Å². The van der Waals surface area contributed by atoms with Crippen LogP contribution >= 0.6 is 12.2 Å². The molecule has 0 aromatic heterocycles. The van der Waals surface area contributed by atoms with Gasteiger partial charge in [0.1, 0.15) is 17.3 Å². The molecule has 6 N–H and O–H groups in total. The number of carbonyl (C=O) groups is 1. The number of phenolic OH excluding ortho intramolecular Hbond substituents is 1. The largest absolute Gasteiger partial charge is 0.508 e. The Bertz CT molecular complexity index is 1150. The van der Waals surface area contributed by atoms with E-state index in [0.717, 1.165) is 0 Å². The Balaban J connectivity index is 1.99. The predicted octanol–water partition coefficient (Wildman–Crippen LogP) is 2.75. The molecule has 7 nitrogen and oxygen atoms in total. The van der Waals surface area contributed by atoms with Crippen LogP contribution in [-0.2, 0) is 0 Å². The third-order valence-corrected chi connectivity index (χ3v) is 4.66. The summed E-state index contributed by atoms with van der Waals surface area (Å²) in [5, 5.41) is 32.4. The van der Waals surface area contributed by atoms with Crippen molar-refractivity contribution in [3.63, 3.8) is 0 Å². The van der Waals surface area contributed by atoms with Crippen molar-refractivity contribution in [2.45, 2.75) is 6.10 Å². The fourth-order valence-corrected chi connectivity index (χ4v) is 3.51. The van der Waals surface area contributed by atoms with Crippen molar-refractivity contribution >= 4 is 34.6 Å². The van der Waals surface area contributed by atoms with Gasteiger partial charge in [0.15, 0.2) is 5.11 Å². The number of rotatable bonds is 3. The van der Waals surface area contributed by atoms with E-state index < -0.39 is 12.1 Å². The maximum atomic E-state index is 12.0. The average Bonchev–Trinajstić information content (AvgIpc) is 2.65. The van der Waals surface area contributed by atoms with Crippen molar-refractivity contribution in [2.75, 3.05) is 5.32 Å². The standard InChI is InChI=1S/C21H16N2O5S/c22-21(29)23-10-1-4-13(16(7-10)20(26)27)19-14-5-2-11(24)8-17(14)28-18-9-12(25)3-6-15(18)19/h1-9,11,24-25H,(H,26,27)(H3,22,23,29). The van der Waals surface area contributed by atoms with Crippen LogP contribution in [-0.4, -0.2) is 32.5 Å². The zero-order chi connectivity index (χ0) is 20.7. The van der Waals surface area contributed by atoms with Crippen molar-refractivity contribution in [3.05, 3.63) is 82.6 Å². The molecule has 29 heavy (non-hydrogen) atoms. The lowest BCUT2D eigenvalue weighted by Crippen LogP contribution is -2.20. The lowest BCUT2D eigenvalue weighted by molar-refractivity contribution is 0.0696. The maximum absolute atomic E-state index is 12.0. The van der Waals surface area contributed by atoms with E-state index in [9.17, 15) is 20.1 Å². The number of aromatic carboxylic acids is 1. The molecule has 1 aliphatic heterocycles. The van der Waals surface area contributed by atoms with Gasteiger partial charge in [-0.2, -0.15) is 0 Å². The molecule has 4 rings (SSSR count). The summed E-state index contributed by atoms with van der Waals surface area (Å²) in [5.74, 6) is -0.376. The van der Waals surface area contributed by atoms with E-state index in [1.54, 1.807) is 30.4 Å². The number of aromatic hydroxyl groups is 1. The van der Waals surface area contributed by atoms with E-state index in [1.807, 2.05) is 0 Å². The second-order valence-corrected chi connectivity index (χ2v) is 6.95. The van der Waals surface area contributed by atoms with Gasteiger partial charge in [0.05, 0.1) is 11.7 Å². The topological polar surface area (TPSA) is 125 Å². The third kappa shape index (κ3) is 3.46. The highest BCUT2D eigenvalue weighted by molar-refractivity contribution is 7.80. The predicted molar refractivity (Wildman–Crippen MR) is 112 cm³/mol. The van der Waals surface area contributed by atoms with E-state index in [2.05, 4.69) is 5.32 Å². The SMILES string of the molecule is NC(=S)Nc1ccc(C2=C3C=CC(O)C=C3Oc3cc(O)ccc32)c(C(=O)O)c1. The van der Waals surface area contributed by atoms with Crippen molar-refractivity contribution in [2.24, 2.45) is 5.73 Å². The Morgan fingerprint density at radius 1 is 1.17 bits per heavy atom. The molecule has 0 saturated carbocycles. The summed E-state index contributed by atoms with van der Waals surface area (Å²) >= 11 is 4.83. The van der Waals surface area contributed by atoms with Crippen LogP contribution < -0.4 is 15.8 Å². The van der Waals surface area contributed by atoms with Crippen LogP contribution in [0.5, 0.6) is 11.5 Å². The fourth-order valence-electron chi connectivity index (χ4n) is 3.39. The molecule has 146 valence electrons. The third-order valence-electron chi connectivity index (χ3n) is 4.56. The Labute approximate surface area is 171 Å². The van der Waals surface area contributed by atoms with E-state index in [-0.39, 0.29) is 16.4 Å². The van der Waals surface area contributed by atoms with Gasteiger partial charge in [0.25, 0.3) is 0 Å². The number of nitrogens with two attached hydrogens (primary N) is 1. The minimum Gasteiger partial charge on any atom is -0.508 e. The van der Waals surface area contributed by atoms with Gasteiger partial charge in [-0.1, -0.05) is 18.2 Å². The Morgan fingerprint density at radius 2 is 1.93 bits per heavy atom. The first-order valence-corrected chi connectivity index (χ1v) is 9.02. The molecule has 0 spiro atoms. The van der Waals surface area contributed by atoms with Crippen LogP contribution in [0.4, 0.5) is 5.69 Å². The number of hydrogen-bond donors (Lipinski definition) is 5. The molecular weight excluding hydrogens is 392 g/mol. The van der Waals surface area contributed by atoms with Crippen LogP contribution in [0.25, 0.3) is 5.57 Å². The van der Waals surface area contributed by atoms with Gasteiger partial charge in [-0.05, 0) is 48.1 Å². The number of carboxylic acids is 1. The van der Waals surface area contributed by atoms with E-state index in [1.165, 1.54) is 24.3 Å². The van der Waals surface area contributed by atoms with Crippen LogP contribution in [0.15, 0.2) is 66.0 Å². The second kappa shape index (κ2) is 7.08. The average molecular weight is 408 g/mol. The molecule has 1 aliphatic carbocycles. The van der Waals surface area contributed by atoms with Gasteiger partial charge in [0.2, 0.25) is 0 Å². The Hall–Kier alpha value is -3.62. The first kappa shape index (κ1) is 18.7. The molecule has 0 amide bonds. The van der Waals surface area contributed by atoms with Crippen LogP contribution in [0, 0.1) is 0 Å². The molecule has 2 aromatic carbocycles. The number of phenols is 1. The number of fused-ring (bicyclic) bond motifs is 2. The zero-order valence-corrected chi connectivity index (χ0v) is 15.7. The molecular formula is C21H16N2O5S. The highest BCUT2D eigenvalue weighted by Gasteiger charge is 2.29. The summed E-state index contributed by atoms with van der Waals surface area (Å²) < 4.78 is 5.85. The number of aliphatic hydroxyl groups excluding tert-OH is 1. The first-order chi connectivity index (χ1) is 13.8. The van der Waals surface area contributed by atoms with Crippen LogP contribution in [0.3, 0.4) is 0 Å². The summed E-state index contributed by atoms with van der Waals surface area (Å²) in [6.07, 6.45) is 3.96. The van der Waals surface area contributed by atoms with Crippen molar-refractivity contribution < 1.29 is 24.9 Å². The molecule has 2 aliphatic rings. The van der Waals surface area contributed by atoms with Crippen LogP contribution in [0.1, 0.15) is 21.5 Å². The lowest BCUT2D eigenvalue weighted by Gasteiger charge is -2.28. The number of aliphatic hydroxyl groups is 1. The van der Waals surface area contributed by atoms with Crippen molar-refractivity contribution in [1.29, 1.82) is 0 Å². The number of benzene rings is 2. The van der Waals surface area contributed by atoms with E-state index in [4.69, 9.17) is 22.7 Å². The second-order valence-electron chi connectivity index (χ2n) is 6.51. The Kier molecular flexibility index (Phi) is 4.57. The van der Waals surface area contributed by atoms with Crippen molar-refractivity contribution in [1.82, 2.24) is 0 Å². The molecule has 1 atom stereocenters. The molecule has 0 saturated heterocycles. The summed E-state index contributed by atoms with van der Waals surface area (Å²) in [7, 11) is 0. The summed E-state index contributed by atoms with van der Waals surface area (Å²) in [5.41, 5.74) is 8.29. The number of hydrogen-bond acceptors (Lipinski definition) is 5. The van der Waals surface area contributed by atoms with Gasteiger partial charge in [0, 0.05) is 28.5 Å². The van der Waals surface area contributed by atoms with Gasteiger partial charge in [-0.25, -0.2) is 4.79 Å². The van der Waals surface area contributed by atoms with Gasteiger partial charge < -0.3 is 31.1 Å². The number of thiocarbonyl (C=S) groups is 1. The highest BCUT2D eigenvalue weighted by atomic mass is 32.1. The summed E-state index contributed by atoms with van der Waals surface area (Å²) in [4.78, 5) is 12.0. The smallest absolute Gasteiger partial charge is 0.336 e. The molecule has 2 aromatic rings. The molecule has 8 heteroatoms. The van der Waals surface area contributed by atoms with Gasteiger partial charge in [-0.3, -0.25) is 0 Å². The van der Waals surface area contributed by atoms with Gasteiger partial charge >= 0.3 is 5.97 Å². The normalized spacial score (nSPS) is 17.0. The first-order valence-electron chi connectivity index (χ1n) is 8.61. The van der Waals surface area contributed by atoms with Gasteiger partial charge in [-0.15, -0.1) is 0 Å². The molecule has 0 fully saturated rings. The lowest BCUT2D eigenvalue weighted by atomic mass is 9.85. The molecule has 1 heterocycles. The van der Waals surface area contributed by atoms with Crippen molar-refractivity contribution in [3.8, 4) is 11.5 Å². The summed E-state index contributed by atoms with van der Waals surface area (Å²) in [6.45, 7) is 0. The van der Waals surface area contributed by atoms with Crippen LogP contribution in [0.2, 0.25) is 0 Å². The number of ether oxygens (including phenoxy) is 1. The number of carboxylic acid groups (broad SMARTS) is 1. The molecule has 0 radical (unpaired) electrons. The highest BCUT2D eigenvalue weighted by Crippen LogP contribution is 2.45. The maximum Gasteiger partial charge on any atom is 0.336 e. The Morgan fingerprint density at radius 3 is 2.66 bits per heavy atom. The number of allylic oxidation sites excluding steroid dienone is 1. The summed E-state index contributed by atoms with van der Waals surface area (Å²) in [6, 6.07) is 9.39. The minimum absolute atomic E-state index is 0.00788. The number of anilines is 1. The zero-order valence-electron chi connectivity index (χ0n) is 14.9. The quantitative estimate of drug-likeness (QED) is 0.491. The minimum atomic E-state index is -1.13. The monoisotopic (exact) mass is 408 g/mol. The molecule has 0 bridgehead atoms. The fraction of sp³-hybridized carbons (Fsp3) is 0.0476. The number of nitrogens with one attached hydrogen (secondary N) is 1. The molecule has 1 unspecified atom stereocenters.